The number of nitrogens with zero attached hydrogens (tertiary/aromatic N) is 1. The highest BCUT2D eigenvalue weighted by molar-refractivity contribution is 5.94. The number of ether oxygens (including phenoxy) is 1. The molecule has 1 aliphatic heterocycles. The van der Waals surface area contributed by atoms with Crippen molar-refractivity contribution in [1.82, 2.24) is 0 Å². The fraction of sp³-hybridized carbons (Fsp3) is 0.533. The van der Waals surface area contributed by atoms with Gasteiger partial charge in [-0.05, 0) is 38.3 Å². The van der Waals surface area contributed by atoms with Gasteiger partial charge in [-0.25, -0.2) is 4.79 Å². The van der Waals surface area contributed by atoms with Gasteiger partial charge in [0.1, 0.15) is 0 Å². The number of likely N-dealkylation sites (N-methyl/N-ethyl adjacent to an activating group) is 1. The number of carboxylic acids is 1. The SMILES string of the molecule is Cc1ccc(N(C)CC2CCCCO2)c(C(=O)O)c1. The number of aryl methyl sites for hydroxylation is 1. The minimum Gasteiger partial charge on any atom is -0.478 e. The lowest BCUT2D eigenvalue weighted by atomic mass is 10.1. The highest BCUT2D eigenvalue weighted by atomic mass is 16.5. The Balaban J connectivity index is 2.13. The smallest absolute Gasteiger partial charge is 0.337 e. The summed E-state index contributed by atoms with van der Waals surface area (Å²) in [6, 6.07) is 5.54. The summed E-state index contributed by atoms with van der Waals surface area (Å²) in [5.41, 5.74) is 2.08. The first-order valence-electron chi connectivity index (χ1n) is 6.74. The summed E-state index contributed by atoms with van der Waals surface area (Å²) < 4.78 is 5.71. The van der Waals surface area contributed by atoms with Crippen LogP contribution in [0.4, 0.5) is 5.69 Å². The first-order chi connectivity index (χ1) is 9.08. The fourth-order valence-electron chi connectivity index (χ4n) is 2.51. The molecule has 1 fully saturated rings. The highest BCUT2D eigenvalue weighted by Crippen LogP contribution is 2.23. The van der Waals surface area contributed by atoms with Gasteiger partial charge in [0, 0.05) is 20.2 Å². The summed E-state index contributed by atoms with van der Waals surface area (Å²) in [5, 5.41) is 9.29. The summed E-state index contributed by atoms with van der Waals surface area (Å²) in [6.07, 6.45) is 3.59. The molecule has 1 aliphatic rings. The van der Waals surface area contributed by atoms with Crippen molar-refractivity contribution in [2.45, 2.75) is 32.3 Å². The summed E-state index contributed by atoms with van der Waals surface area (Å²) in [5.74, 6) is -0.880. The van der Waals surface area contributed by atoms with Crippen molar-refractivity contribution in [3.8, 4) is 0 Å². The molecule has 4 nitrogen and oxygen atoms in total. The molecule has 1 unspecified atom stereocenters. The summed E-state index contributed by atoms with van der Waals surface area (Å²) in [6.45, 7) is 3.46. The zero-order valence-electron chi connectivity index (χ0n) is 11.6. The van der Waals surface area contributed by atoms with Crippen molar-refractivity contribution in [2.75, 3.05) is 25.1 Å². The average molecular weight is 263 g/mol. The van der Waals surface area contributed by atoms with Crippen LogP contribution in [0.2, 0.25) is 0 Å². The van der Waals surface area contributed by atoms with Crippen molar-refractivity contribution in [1.29, 1.82) is 0 Å². The fourth-order valence-corrected chi connectivity index (χ4v) is 2.51. The Hall–Kier alpha value is -1.55. The van der Waals surface area contributed by atoms with Crippen LogP contribution < -0.4 is 4.90 Å². The minimum absolute atomic E-state index is 0.210. The number of carbonyl (C=O) groups is 1. The van der Waals surface area contributed by atoms with Crippen molar-refractivity contribution in [2.24, 2.45) is 0 Å². The van der Waals surface area contributed by atoms with Gasteiger partial charge in [0.05, 0.1) is 17.4 Å². The van der Waals surface area contributed by atoms with Gasteiger partial charge in [-0.3, -0.25) is 0 Å². The predicted octanol–water partition coefficient (Wildman–Crippen LogP) is 2.70. The van der Waals surface area contributed by atoms with E-state index in [9.17, 15) is 9.90 Å². The third-order valence-electron chi connectivity index (χ3n) is 3.55. The Morgan fingerprint density at radius 3 is 2.89 bits per heavy atom. The largest absolute Gasteiger partial charge is 0.478 e. The Morgan fingerprint density at radius 2 is 2.26 bits per heavy atom. The van der Waals surface area contributed by atoms with E-state index in [2.05, 4.69) is 0 Å². The third-order valence-corrected chi connectivity index (χ3v) is 3.55. The molecule has 19 heavy (non-hydrogen) atoms. The van der Waals surface area contributed by atoms with Gasteiger partial charge in [0.25, 0.3) is 0 Å². The molecule has 1 aromatic rings. The number of rotatable bonds is 4. The molecule has 1 saturated heterocycles. The van der Waals surface area contributed by atoms with Gasteiger partial charge in [0.2, 0.25) is 0 Å². The molecule has 4 heteroatoms. The van der Waals surface area contributed by atoms with Crippen LogP contribution in [0.5, 0.6) is 0 Å². The standard InChI is InChI=1S/C15H21NO3/c1-11-6-7-14(13(9-11)15(17)18)16(2)10-12-5-3-4-8-19-12/h6-7,9,12H,3-5,8,10H2,1-2H3,(H,17,18). The maximum absolute atomic E-state index is 11.3. The van der Waals surface area contributed by atoms with E-state index in [1.807, 2.05) is 31.0 Å². The van der Waals surface area contributed by atoms with Gasteiger partial charge in [-0.1, -0.05) is 11.6 Å². The van der Waals surface area contributed by atoms with E-state index in [4.69, 9.17) is 4.74 Å². The number of aromatic carboxylic acids is 1. The lowest BCUT2D eigenvalue weighted by Crippen LogP contribution is -2.34. The average Bonchev–Trinajstić information content (AvgIpc) is 2.39. The molecular weight excluding hydrogens is 242 g/mol. The molecule has 1 atom stereocenters. The topological polar surface area (TPSA) is 49.8 Å². The molecule has 0 aliphatic carbocycles. The van der Waals surface area contributed by atoms with Gasteiger partial charge in [-0.2, -0.15) is 0 Å². The molecule has 0 amide bonds. The monoisotopic (exact) mass is 263 g/mol. The molecule has 0 aromatic heterocycles. The van der Waals surface area contributed by atoms with Gasteiger partial charge in [0.15, 0.2) is 0 Å². The van der Waals surface area contributed by atoms with E-state index in [1.54, 1.807) is 6.07 Å². The van der Waals surface area contributed by atoms with Crippen molar-refractivity contribution < 1.29 is 14.6 Å². The molecular formula is C15H21NO3. The number of benzene rings is 1. The second kappa shape index (κ2) is 6.06. The van der Waals surface area contributed by atoms with Gasteiger partial charge in [-0.15, -0.1) is 0 Å². The number of carboxylic acid groups (broad SMARTS) is 1. The normalized spacial score (nSPS) is 19.2. The Bertz CT molecular complexity index is 453. The molecule has 0 radical (unpaired) electrons. The first kappa shape index (κ1) is 13.9. The molecule has 0 spiro atoms. The lowest BCUT2D eigenvalue weighted by Gasteiger charge is -2.29. The van der Waals surface area contributed by atoms with E-state index in [1.165, 1.54) is 6.42 Å². The highest BCUT2D eigenvalue weighted by Gasteiger charge is 2.19. The van der Waals surface area contributed by atoms with E-state index < -0.39 is 5.97 Å². The summed E-state index contributed by atoms with van der Waals surface area (Å²) in [7, 11) is 1.93. The number of hydrogen-bond donors (Lipinski definition) is 1. The van der Waals surface area contributed by atoms with E-state index in [0.717, 1.165) is 37.2 Å². The lowest BCUT2D eigenvalue weighted by molar-refractivity contribution is 0.0215. The minimum atomic E-state index is -0.880. The van der Waals surface area contributed by atoms with Crippen LogP contribution in [0, 0.1) is 6.92 Å². The number of hydrogen-bond acceptors (Lipinski definition) is 3. The van der Waals surface area contributed by atoms with Crippen LogP contribution in [0.25, 0.3) is 0 Å². The quantitative estimate of drug-likeness (QED) is 0.907. The van der Waals surface area contributed by atoms with Crippen molar-refractivity contribution in [3.05, 3.63) is 29.3 Å². The van der Waals surface area contributed by atoms with Crippen LogP contribution >= 0.6 is 0 Å². The molecule has 0 saturated carbocycles. The second-order valence-electron chi connectivity index (χ2n) is 5.19. The van der Waals surface area contributed by atoms with Crippen molar-refractivity contribution in [3.63, 3.8) is 0 Å². The van der Waals surface area contributed by atoms with Crippen LogP contribution in [0.15, 0.2) is 18.2 Å². The van der Waals surface area contributed by atoms with E-state index in [-0.39, 0.29) is 6.10 Å². The van der Waals surface area contributed by atoms with Crippen LogP contribution in [-0.4, -0.2) is 37.4 Å². The Labute approximate surface area is 114 Å². The molecule has 1 heterocycles. The van der Waals surface area contributed by atoms with Crippen LogP contribution in [-0.2, 0) is 4.74 Å². The molecule has 0 bridgehead atoms. The zero-order chi connectivity index (χ0) is 13.8. The predicted molar refractivity (Wildman–Crippen MR) is 75.0 cm³/mol. The second-order valence-corrected chi connectivity index (χ2v) is 5.19. The Morgan fingerprint density at radius 1 is 1.47 bits per heavy atom. The van der Waals surface area contributed by atoms with E-state index in [0.29, 0.717) is 5.56 Å². The number of anilines is 1. The molecule has 1 N–H and O–H groups in total. The molecule has 104 valence electrons. The van der Waals surface area contributed by atoms with Crippen LogP contribution in [0.1, 0.15) is 35.2 Å². The third kappa shape index (κ3) is 3.47. The molecule has 1 aromatic carbocycles. The van der Waals surface area contributed by atoms with Gasteiger partial charge < -0.3 is 14.7 Å². The zero-order valence-corrected chi connectivity index (χ0v) is 11.6. The Kier molecular flexibility index (Phi) is 4.43. The first-order valence-corrected chi connectivity index (χ1v) is 6.74. The maximum Gasteiger partial charge on any atom is 0.337 e. The van der Waals surface area contributed by atoms with Crippen LogP contribution in [0.3, 0.4) is 0 Å². The van der Waals surface area contributed by atoms with Crippen molar-refractivity contribution >= 4 is 11.7 Å². The van der Waals surface area contributed by atoms with Gasteiger partial charge >= 0.3 is 5.97 Å². The summed E-state index contributed by atoms with van der Waals surface area (Å²) >= 11 is 0. The maximum atomic E-state index is 11.3. The van der Waals surface area contributed by atoms with E-state index >= 15 is 0 Å². The molecule has 2 rings (SSSR count). The summed E-state index contributed by atoms with van der Waals surface area (Å²) in [4.78, 5) is 13.3.